The summed E-state index contributed by atoms with van der Waals surface area (Å²) in [5.74, 6) is -0.0480. The van der Waals surface area contributed by atoms with Crippen LogP contribution in [0.4, 0.5) is 13.2 Å². The van der Waals surface area contributed by atoms with Crippen LogP contribution in [0.1, 0.15) is 34.3 Å². The van der Waals surface area contributed by atoms with Crippen LogP contribution in [0.15, 0.2) is 48.5 Å². The molecule has 30 heavy (non-hydrogen) atoms. The molecule has 1 aliphatic rings. The number of benzene rings is 2. The molecule has 160 valence electrons. The minimum absolute atomic E-state index is 0.0210. The molecule has 1 saturated heterocycles. The second kappa shape index (κ2) is 9.19. The van der Waals surface area contributed by atoms with Gasteiger partial charge in [-0.25, -0.2) is 0 Å². The lowest BCUT2D eigenvalue weighted by atomic mass is 10.0. The third-order valence-corrected chi connectivity index (χ3v) is 5.17. The Balaban J connectivity index is 1.53. The largest absolute Gasteiger partial charge is 0.497 e. The molecule has 1 heterocycles. The number of carbonyl (C=O) groups excluding carboxylic acids is 2. The first-order chi connectivity index (χ1) is 14.3. The van der Waals surface area contributed by atoms with Crippen molar-refractivity contribution in [2.24, 2.45) is 0 Å². The Hall–Kier alpha value is -3.03. The number of amides is 2. The Labute approximate surface area is 172 Å². The number of piperidine rings is 1. The van der Waals surface area contributed by atoms with E-state index in [2.05, 4.69) is 5.32 Å². The van der Waals surface area contributed by atoms with Crippen LogP contribution in [-0.2, 0) is 17.4 Å². The standard InChI is InChI=1S/C22H23F3N2O3/c1-30-17-8-6-15(7-9-17)14-20(28)27-12-10-16(11-13-27)26-21(29)18-4-2-3-5-19(18)22(23,24)25/h2-9,16H,10-14H2,1H3,(H,26,29). The maximum atomic E-state index is 13.1. The average molecular weight is 420 g/mol. The highest BCUT2D eigenvalue weighted by molar-refractivity contribution is 5.96. The van der Waals surface area contributed by atoms with Crippen molar-refractivity contribution >= 4 is 11.8 Å². The van der Waals surface area contributed by atoms with E-state index in [1.54, 1.807) is 24.1 Å². The quantitative estimate of drug-likeness (QED) is 0.803. The van der Waals surface area contributed by atoms with Crippen LogP contribution < -0.4 is 10.1 Å². The number of nitrogens with one attached hydrogen (secondary N) is 1. The summed E-state index contributed by atoms with van der Waals surface area (Å²) in [5, 5.41) is 2.68. The molecule has 0 aromatic heterocycles. The Morgan fingerprint density at radius 3 is 2.30 bits per heavy atom. The Kier molecular flexibility index (Phi) is 6.64. The molecule has 2 amide bonds. The predicted octanol–water partition coefficient (Wildman–Crippen LogP) is 3.68. The lowest BCUT2D eigenvalue weighted by Gasteiger charge is -2.32. The smallest absolute Gasteiger partial charge is 0.417 e. The maximum Gasteiger partial charge on any atom is 0.417 e. The highest BCUT2D eigenvalue weighted by atomic mass is 19.4. The third kappa shape index (κ3) is 5.31. The number of carbonyl (C=O) groups is 2. The van der Waals surface area contributed by atoms with Gasteiger partial charge in [-0.05, 0) is 42.7 Å². The number of halogens is 3. The summed E-state index contributed by atoms with van der Waals surface area (Å²) >= 11 is 0. The van der Waals surface area contributed by atoms with E-state index in [0.717, 1.165) is 17.4 Å². The number of nitrogens with zero attached hydrogens (tertiary/aromatic N) is 1. The average Bonchev–Trinajstić information content (AvgIpc) is 2.74. The van der Waals surface area contributed by atoms with Gasteiger partial charge in [0, 0.05) is 19.1 Å². The fourth-order valence-electron chi connectivity index (χ4n) is 3.49. The van der Waals surface area contributed by atoms with E-state index in [-0.39, 0.29) is 23.9 Å². The summed E-state index contributed by atoms with van der Waals surface area (Å²) < 4.78 is 44.5. The van der Waals surface area contributed by atoms with E-state index < -0.39 is 17.6 Å². The topological polar surface area (TPSA) is 58.6 Å². The molecule has 0 radical (unpaired) electrons. The first kappa shape index (κ1) is 21.7. The van der Waals surface area contributed by atoms with E-state index in [9.17, 15) is 22.8 Å². The lowest BCUT2D eigenvalue weighted by molar-refractivity contribution is -0.138. The van der Waals surface area contributed by atoms with Crippen LogP contribution in [0.5, 0.6) is 5.75 Å². The molecule has 2 aromatic rings. The van der Waals surface area contributed by atoms with Crippen molar-refractivity contribution in [2.75, 3.05) is 20.2 Å². The number of ether oxygens (including phenoxy) is 1. The molecule has 0 bridgehead atoms. The van der Waals surface area contributed by atoms with Gasteiger partial charge in [-0.2, -0.15) is 13.2 Å². The highest BCUT2D eigenvalue weighted by Gasteiger charge is 2.35. The molecule has 1 N–H and O–H groups in total. The van der Waals surface area contributed by atoms with Crippen LogP contribution in [0.2, 0.25) is 0 Å². The normalized spacial score (nSPS) is 15.0. The van der Waals surface area contributed by atoms with Crippen molar-refractivity contribution in [2.45, 2.75) is 31.5 Å². The van der Waals surface area contributed by atoms with E-state index in [0.29, 0.717) is 25.9 Å². The summed E-state index contributed by atoms with van der Waals surface area (Å²) in [6.45, 7) is 0.891. The number of alkyl halides is 3. The first-order valence-corrected chi connectivity index (χ1v) is 9.65. The molecule has 3 rings (SSSR count). The zero-order chi connectivity index (χ0) is 21.7. The maximum absolute atomic E-state index is 13.1. The van der Waals surface area contributed by atoms with Crippen LogP contribution >= 0.6 is 0 Å². The fourth-order valence-corrected chi connectivity index (χ4v) is 3.49. The van der Waals surface area contributed by atoms with Gasteiger partial charge in [0.2, 0.25) is 5.91 Å². The SMILES string of the molecule is COc1ccc(CC(=O)N2CCC(NC(=O)c3ccccc3C(F)(F)F)CC2)cc1. The minimum atomic E-state index is -4.59. The molecule has 0 aliphatic carbocycles. The van der Waals surface area contributed by atoms with Gasteiger partial charge in [-0.15, -0.1) is 0 Å². The Morgan fingerprint density at radius 1 is 1.07 bits per heavy atom. The molecular formula is C22H23F3N2O3. The molecule has 0 atom stereocenters. The fraction of sp³-hybridized carbons (Fsp3) is 0.364. The van der Waals surface area contributed by atoms with Crippen LogP contribution in [0, 0.1) is 0 Å². The first-order valence-electron chi connectivity index (χ1n) is 9.65. The van der Waals surface area contributed by atoms with Crippen molar-refractivity contribution in [1.29, 1.82) is 0 Å². The molecule has 5 nitrogen and oxygen atoms in total. The monoisotopic (exact) mass is 420 g/mol. The van der Waals surface area contributed by atoms with Crippen molar-refractivity contribution in [3.05, 3.63) is 65.2 Å². The van der Waals surface area contributed by atoms with Crippen molar-refractivity contribution in [3.63, 3.8) is 0 Å². The molecular weight excluding hydrogens is 397 g/mol. The minimum Gasteiger partial charge on any atom is -0.497 e. The van der Waals surface area contributed by atoms with Gasteiger partial charge in [0.1, 0.15) is 5.75 Å². The summed E-state index contributed by atoms with van der Waals surface area (Å²) in [6, 6.07) is 11.7. The van der Waals surface area contributed by atoms with E-state index in [1.807, 2.05) is 12.1 Å². The van der Waals surface area contributed by atoms with Crippen LogP contribution in [-0.4, -0.2) is 43.0 Å². The Bertz CT molecular complexity index is 889. The van der Waals surface area contributed by atoms with Gasteiger partial charge in [0.25, 0.3) is 5.91 Å². The Morgan fingerprint density at radius 2 is 1.70 bits per heavy atom. The van der Waals surface area contributed by atoms with Crippen molar-refractivity contribution < 1.29 is 27.5 Å². The molecule has 0 unspecified atom stereocenters. The molecule has 2 aromatic carbocycles. The number of rotatable bonds is 5. The van der Waals surface area contributed by atoms with Crippen LogP contribution in [0.25, 0.3) is 0 Å². The van der Waals surface area contributed by atoms with Crippen molar-refractivity contribution in [1.82, 2.24) is 10.2 Å². The van der Waals surface area contributed by atoms with Gasteiger partial charge in [-0.3, -0.25) is 9.59 Å². The molecule has 0 saturated carbocycles. The lowest BCUT2D eigenvalue weighted by Crippen LogP contribution is -2.47. The van der Waals surface area contributed by atoms with E-state index in [4.69, 9.17) is 4.74 Å². The highest BCUT2D eigenvalue weighted by Crippen LogP contribution is 2.32. The molecule has 1 aliphatic heterocycles. The number of methoxy groups -OCH3 is 1. The summed E-state index contributed by atoms with van der Waals surface area (Å²) in [5.41, 5.74) is -0.461. The molecule has 8 heteroatoms. The molecule has 1 fully saturated rings. The van der Waals surface area contributed by atoms with Gasteiger partial charge >= 0.3 is 6.18 Å². The second-order valence-electron chi connectivity index (χ2n) is 7.20. The van der Waals surface area contributed by atoms with E-state index in [1.165, 1.54) is 18.2 Å². The van der Waals surface area contributed by atoms with Gasteiger partial charge in [0.15, 0.2) is 0 Å². The zero-order valence-electron chi connectivity index (χ0n) is 16.5. The number of hydrogen-bond donors (Lipinski definition) is 1. The summed E-state index contributed by atoms with van der Waals surface area (Å²) in [7, 11) is 1.57. The zero-order valence-corrected chi connectivity index (χ0v) is 16.5. The van der Waals surface area contributed by atoms with Gasteiger partial charge < -0.3 is 15.0 Å². The van der Waals surface area contributed by atoms with Crippen molar-refractivity contribution in [3.8, 4) is 5.75 Å². The summed E-state index contributed by atoms with van der Waals surface area (Å²) in [6.07, 6.45) is -3.34. The predicted molar refractivity (Wildman–Crippen MR) is 105 cm³/mol. The second-order valence-corrected chi connectivity index (χ2v) is 7.20. The number of likely N-dealkylation sites (tertiary alicyclic amines) is 1. The molecule has 0 spiro atoms. The van der Waals surface area contributed by atoms with Crippen LogP contribution in [0.3, 0.4) is 0 Å². The van der Waals surface area contributed by atoms with Gasteiger partial charge in [0.05, 0.1) is 24.7 Å². The van der Waals surface area contributed by atoms with Gasteiger partial charge in [-0.1, -0.05) is 24.3 Å². The van der Waals surface area contributed by atoms with E-state index >= 15 is 0 Å². The summed E-state index contributed by atoms with van der Waals surface area (Å²) in [4.78, 5) is 26.6. The number of hydrogen-bond acceptors (Lipinski definition) is 3. The third-order valence-electron chi connectivity index (χ3n) is 5.17.